The van der Waals surface area contributed by atoms with Crippen molar-refractivity contribution in [2.24, 2.45) is 0 Å². The van der Waals surface area contributed by atoms with E-state index in [0.29, 0.717) is 11.3 Å². The zero-order valence-electron chi connectivity index (χ0n) is 16.1. The smallest absolute Gasteiger partial charge is 0.287 e. The monoisotopic (exact) mass is 402 g/mol. The van der Waals surface area contributed by atoms with E-state index in [9.17, 15) is 14.9 Å². The molecule has 8 nitrogen and oxygen atoms in total. The average molecular weight is 402 g/mol. The highest BCUT2D eigenvalue weighted by molar-refractivity contribution is 5.92. The minimum atomic E-state index is -0.464. The average Bonchev–Trinajstić information content (AvgIpc) is 3.46. The highest BCUT2D eigenvalue weighted by Crippen LogP contribution is 2.25. The molecule has 0 aliphatic carbocycles. The number of imidazole rings is 1. The zero-order chi connectivity index (χ0) is 21.1. The number of aromatic nitrogens is 2. The highest BCUT2D eigenvalue weighted by atomic mass is 16.6. The third-order valence-electron chi connectivity index (χ3n) is 4.74. The molecule has 150 valence electrons. The third kappa shape index (κ3) is 3.97. The molecule has 4 rings (SSSR count). The van der Waals surface area contributed by atoms with E-state index < -0.39 is 4.92 Å². The Kier molecular flexibility index (Phi) is 5.13. The Bertz CT molecular complexity index is 1160. The van der Waals surface area contributed by atoms with Crippen molar-refractivity contribution in [3.63, 3.8) is 0 Å². The van der Waals surface area contributed by atoms with E-state index in [1.165, 1.54) is 12.1 Å². The lowest BCUT2D eigenvalue weighted by Crippen LogP contribution is -2.26. The number of amides is 1. The Morgan fingerprint density at radius 2 is 1.83 bits per heavy atom. The summed E-state index contributed by atoms with van der Waals surface area (Å²) in [6.07, 6.45) is 5.30. The normalized spacial score (nSPS) is 11.8. The van der Waals surface area contributed by atoms with Crippen LogP contribution < -0.4 is 5.32 Å². The van der Waals surface area contributed by atoms with E-state index >= 15 is 0 Å². The van der Waals surface area contributed by atoms with Gasteiger partial charge in [-0.15, -0.1) is 0 Å². The number of non-ortho nitro benzene ring substituents is 1. The molecule has 0 aliphatic heterocycles. The van der Waals surface area contributed by atoms with Crippen molar-refractivity contribution in [3.05, 3.63) is 101 Å². The Balaban J connectivity index is 1.43. The largest absolute Gasteiger partial charge is 0.451 e. The van der Waals surface area contributed by atoms with Crippen LogP contribution in [0.4, 0.5) is 5.69 Å². The Morgan fingerprint density at radius 1 is 1.10 bits per heavy atom. The molecule has 0 saturated carbocycles. The number of benzene rings is 2. The molecule has 0 bridgehead atoms. The van der Waals surface area contributed by atoms with Gasteiger partial charge in [0.15, 0.2) is 5.76 Å². The van der Waals surface area contributed by atoms with Crippen LogP contribution in [0.25, 0.3) is 17.0 Å². The fourth-order valence-electron chi connectivity index (χ4n) is 3.06. The summed E-state index contributed by atoms with van der Waals surface area (Å²) in [7, 11) is 0. The van der Waals surface area contributed by atoms with E-state index in [1.807, 2.05) is 42.0 Å². The van der Waals surface area contributed by atoms with Crippen molar-refractivity contribution < 1.29 is 14.1 Å². The summed E-state index contributed by atoms with van der Waals surface area (Å²) in [6.45, 7) is 1.89. The van der Waals surface area contributed by atoms with E-state index in [4.69, 9.17) is 4.42 Å². The Hall–Kier alpha value is -4.20. The molecule has 1 N–H and O–H groups in total. The molecule has 0 aliphatic rings. The molecular formula is C22H18N4O4. The first-order chi connectivity index (χ1) is 14.5. The van der Waals surface area contributed by atoms with Gasteiger partial charge in [-0.3, -0.25) is 14.9 Å². The summed E-state index contributed by atoms with van der Waals surface area (Å²) in [4.78, 5) is 26.9. The molecule has 0 spiro atoms. The van der Waals surface area contributed by atoms with E-state index in [-0.39, 0.29) is 23.4 Å². The maximum atomic E-state index is 12.6. The van der Waals surface area contributed by atoms with Gasteiger partial charge in [0.2, 0.25) is 0 Å². The second-order valence-corrected chi connectivity index (χ2v) is 6.72. The number of furan rings is 1. The fraction of sp³-hybridized carbons (Fsp3) is 0.0909. The van der Waals surface area contributed by atoms with Gasteiger partial charge in [-0.1, -0.05) is 12.1 Å². The molecule has 0 unspecified atom stereocenters. The van der Waals surface area contributed by atoms with Gasteiger partial charge >= 0.3 is 0 Å². The van der Waals surface area contributed by atoms with Crippen LogP contribution in [-0.2, 0) is 0 Å². The fourth-order valence-corrected chi connectivity index (χ4v) is 3.06. The molecule has 30 heavy (non-hydrogen) atoms. The number of hydrogen-bond donors (Lipinski definition) is 1. The lowest BCUT2D eigenvalue weighted by atomic mass is 10.1. The van der Waals surface area contributed by atoms with Gasteiger partial charge in [-0.05, 0) is 48.9 Å². The number of nitrogens with one attached hydrogen (secondary N) is 1. The molecule has 2 aromatic heterocycles. The number of nitro groups is 1. The zero-order valence-corrected chi connectivity index (χ0v) is 16.1. The van der Waals surface area contributed by atoms with E-state index in [0.717, 1.165) is 11.3 Å². The first-order valence-corrected chi connectivity index (χ1v) is 9.25. The molecule has 2 aromatic carbocycles. The van der Waals surface area contributed by atoms with Crippen LogP contribution in [0.1, 0.15) is 29.1 Å². The first-order valence-electron chi connectivity index (χ1n) is 9.25. The summed E-state index contributed by atoms with van der Waals surface area (Å²) < 4.78 is 7.54. The molecule has 1 atom stereocenters. The molecule has 0 radical (unpaired) electrons. The number of carbonyl (C=O) groups excluding carboxylic acids is 1. The standard InChI is InChI=1S/C22H18N4O4/c1-15(16-2-6-18(7-3-16)25-13-12-23-14-25)24-22(27)21-11-10-20(30-21)17-4-8-19(9-5-17)26(28)29/h2-15H,1H3,(H,24,27)/t15-/m1/s1. The predicted octanol–water partition coefficient (Wildman–Crippen LogP) is 4.53. The number of nitrogens with zero attached hydrogens (tertiary/aromatic N) is 3. The van der Waals surface area contributed by atoms with Crippen LogP contribution in [0.5, 0.6) is 0 Å². The van der Waals surface area contributed by atoms with Crippen molar-refractivity contribution in [2.45, 2.75) is 13.0 Å². The minimum absolute atomic E-state index is 0.00356. The Morgan fingerprint density at radius 3 is 2.47 bits per heavy atom. The second kappa shape index (κ2) is 8.04. The summed E-state index contributed by atoms with van der Waals surface area (Å²) in [5.41, 5.74) is 2.59. The maximum Gasteiger partial charge on any atom is 0.287 e. The minimum Gasteiger partial charge on any atom is -0.451 e. The molecule has 0 fully saturated rings. The van der Waals surface area contributed by atoms with Gasteiger partial charge < -0.3 is 14.3 Å². The maximum absolute atomic E-state index is 12.6. The van der Waals surface area contributed by atoms with Crippen LogP contribution >= 0.6 is 0 Å². The van der Waals surface area contributed by atoms with Crippen LogP contribution in [-0.4, -0.2) is 20.4 Å². The van der Waals surface area contributed by atoms with Gasteiger partial charge in [0, 0.05) is 35.8 Å². The van der Waals surface area contributed by atoms with Gasteiger partial charge in [-0.25, -0.2) is 4.98 Å². The third-order valence-corrected chi connectivity index (χ3v) is 4.74. The van der Waals surface area contributed by atoms with Crippen molar-refractivity contribution in [2.75, 3.05) is 0 Å². The number of rotatable bonds is 6. The summed E-state index contributed by atoms with van der Waals surface area (Å²) in [6, 6.07) is 16.8. The van der Waals surface area contributed by atoms with Crippen molar-refractivity contribution in [3.8, 4) is 17.0 Å². The first kappa shape index (κ1) is 19.1. The topological polar surface area (TPSA) is 103 Å². The molecule has 1 amide bonds. The quantitative estimate of drug-likeness (QED) is 0.377. The van der Waals surface area contributed by atoms with E-state index in [1.54, 1.807) is 36.8 Å². The summed E-state index contributed by atoms with van der Waals surface area (Å²) in [5, 5.41) is 13.7. The van der Waals surface area contributed by atoms with Crippen LogP contribution in [0.3, 0.4) is 0 Å². The molecule has 2 heterocycles. The van der Waals surface area contributed by atoms with Crippen molar-refractivity contribution in [1.29, 1.82) is 0 Å². The summed E-state index contributed by atoms with van der Waals surface area (Å²) in [5.74, 6) is 0.298. The van der Waals surface area contributed by atoms with Gasteiger partial charge in [0.25, 0.3) is 11.6 Å². The van der Waals surface area contributed by atoms with Gasteiger partial charge in [0.05, 0.1) is 17.3 Å². The van der Waals surface area contributed by atoms with Crippen molar-refractivity contribution >= 4 is 11.6 Å². The Labute approximate surface area is 171 Å². The second-order valence-electron chi connectivity index (χ2n) is 6.72. The van der Waals surface area contributed by atoms with Gasteiger partial charge in [0.1, 0.15) is 5.76 Å². The number of carbonyl (C=O) groups is 1. The van der Waals surface area contributed by atoms with Gasteiger partial charge in [-0.2, -0.15) is 0 Å². The lowest BCUT2D eigenvalue weighted by molar-refractivity contribution is -0.384. The van der Waals surface area contributed by atoms with Crippen LogP contribution in [0.2, 0.25) is 0 Å². The van der Waals surface area contributed by atoms with Crippen molar-refractivity contribution in [1.82, 2.24) is 14.9 Å². The highest BCUT2D eigenvalue weighted by Gasteiger charge is 2.16. The van der Waals surface area contributed by atoms with Crippen LogP contribution in [0.15, 0.2) is 83.8 Å². The van der Waals surface area contributed by atoms with E-state index in [2.05, 4.69) is 10.3 Å². The molecule has 4 aromatic rings. The predicted molar refractivity (Wildman–Crippen MR) is 110 cm³/mol. The molecule has 8 heteroatoms. The number of hydrogen-bond acceptors (Lipinski definition) is 5. The number of nitro benzene ring substituents is 1. The molecular weight excluding hydrogens is 384 g/mol. The lowest BCUT2D eigenvalue weighted by Gasteiger charge is -2.14. The SMILES string of the molecule is C[C@@H](NC(=O)c1ccc(-c2ccc([N+](=O)[O-])cc2)o1)c1ccc(-n2ccnc2)cc1. The summed E-state index contributed by atoms with van der Waals surface area (Å²) >= 11 is 0. The van der Waals surface area contributed by atoms with Crippen LogP contribution in [0, 0.1) is 10.1 Å². The molecule has 0 saturated heterocycles.